The van der Waals surface area contributed by atoms with Crippen LogP contribution in [0.3, 0.4) is 0 Å². The van der Waals surface area contributed by atoms with Crippen LogP contribution < -0.4 is 10.6 Å². The molecule has 2 aliphatic heterocycles. The number of rotatable bonds is 3. The van der Waals surface area contributed by atoms with Crippen molar-refractivity contribution in [2.45, 2.75) is 52.5 Å². The highest BCUT2D eigenvalue weighted by molar-refractivity contribution is 5.82. The molecule has 2 amide bonds. The zero-order valence-electron chi connectivity index (χ0n) is 13.6. The number of piperidine rings is 2. The van der Waals surface area contributed by atoms with E-state index in [0.29, 0.717) is 5.92 Å². The quantitative estimate of drug-likeness (QED) is 0.821. The first-order valence-electron chi connectivity index (χ1n) is 8.18. The first kappa shape index (κ1) is 16.3. The van der Waals surface area contributed by atoms with Crippen LogP contribution in [0, 0.1) is 11.3 Å². The highest BCUT2D eigenvalue weighted by atomic mass is 16.2. The van der Waals surface area contributed by atoms with Crippen molar-refractivity contribution >= 4 is 11.8 Å². The topological polar surface area (TPSA) is 61.4 Å². The Morgan fingerprint density at radius 1 is 1.19 bits per heavy atom. The zero-order valence-corrected chi connectivity index (χ0v) is 13.6. The van der Waals surface area contributed by atoms with Gasteiger partial charge in [-0.1, -0.05) is 13.8 Å². The molecular formula is C16H29N3O2. The van der Waals surface area contributed by atoms with Gasteiger partial charge in [0, 0.05) is 31.5 Å². The lowest BCUT2D eigenvalue weighted by Crippen LogP contribution is -2.52. The number of hydrogen-bond donors (Lipinski definition) is 2. The lowest BCUT2D eigenvalue weighted by molar-refractivity contribution is -0.134. The van der Waals surface area contributed by atoms with E-state index in [-0.39, 0.29) is 23.3 Å². The Labute approximate surface area is 127 Å². The lowest BCUT2D eigenvalue weighted by atomic mass is 9.74. The van der Waals surface area contributed by atoms with E-state index in [2.05, 4.69) is 24.5 Å². The number of carbonyl (C=O) groups is 2. The second kappa shape index (κ2) is 6.77. The standard InChI is InChI=1S/C16H29N3O2/c1-12(20)19-9-6-14(7-10-19)18-15(21)16(2,3)13-5-4-8-17-11-13/h13-14,17H,4-11H2,1-3H3,(H,18,21). The van der Waals surface area contributed by atoms with Crippen molar-refractivity contribution in [2.24, 2.45) is 11.3 Å². The van der Waals surface area contributed by atoms with Gasteiger partial charge in [0.25, 0.3) is 0 Å². The van der Waals surface area contributed by atoms with Gasteiger partial charge in [-0.3, -0.25) is 9.59 Å². The summed E-state index contributed by atoms with van der Waals surface area (Å²) in [5.74, 6) is 0.703. The van der Waals surface area contributed by atoms with Crippen LogP contribution in [-0.2, 0) is 9.59 Å². The molecular weight excluding hydrogens is 266 g/mol. The Kier molecular flexibility index (Phi) is 5.25. The van der Waals surface area contributed by atoms with Crippen LogP contribution in [0.2, 0.25) is 0 Å². The summed E-state index contributed by atoms with van der Waals surface area (Å²) in [5, 5.41) is 6.60. The summed E-state index contributed by atoms with van der Waals surface area (Å²) in [5.41, 5.74) is -0.328. The van der Waals surface area contributed by atoms with Gasteiger partial charge in [-0.2, -0.15) is 0 Å². The van der Waals surface area contributed by atoms with Crippen LogP contribution in [0.4, 0.5) is 0 Å². The first-order valence-corrected chi connectivity index (χ1v) is 8.18. The first-order chi connectivity index (χ1) is 9.91. The van der Waals surface area contributed by atoms with E-state index in [1.165, 1.54) is 0 Å². The fourth-order valence-corrected chi connectivity index (χ4v) is 3.36. The molecule has 21 heavy (non-hydrogen) atoms. The second-order valence-corrected chi connectivity index (χ2v) is 7.02. The third kappa shape index (κ3) is 3.96. The van der Waals surface area contributed by atoms with Gasteiger partial charge in [0.2, 0.25) is 11.8 Å². The summed E-state index contributed by atoms with van der Waals surface area (Å²) in [6, 6.07) is 0.212. The van der Waals surface area contributed by atoms with Gasteiger partial charge in [-0.15, -0.1) is 0 Å². The Morgan fingerprint density at radius 3 is 2.38 bits per heavy atom. The highest BCUT2D eigenvalue weighted by Crippen LogP contribution is 2.32. The molecule has 5 heteroatoms. The Balaban J connectivity index is 1.84. The third-order valence-electron chi connectivity index (χ3n) is 5.18. The van der Waals surface area contributed by atoms with Gasteiger partial charge in [0.1, 0.15) is 0 Å². The van der Waals surface area contributed by atoms with Crippen molar-refractivity contribution in [3.05, 3.63) is 0 Å². The van der Waals surface area contributed by atoms with Gasteiger partial charge < -0.3 is 15.5 Å². The molecule has 0 aromatic heterocycles. The largest absolute Gasteiger partial charge is 0.353 e. The van der Waals surface area contributed by atoms with Crippen LogP contribution >= 0.6 is 0 Å². The summed E-state index contributed by atoms with van der Waals surface area (Å²) in [7, 11) is 0. The molecule has 2 saturated heterocycles. The molecule has 1 atom stereocenters. The molecule has 2 heterocycles. The van der Waals surface area contributed by atoms with Gasteiger partial charge in [0.15, 0.2) is 0 Å². The van der Waals surface area contributed by atoms with Gasteiger partial charge in [0.05, 0.1) is 0 Å². The maximum Gasteiger partial charge on any atom is 0.226 e. The van der Waals surface area contributed by atoms with Gasteiger partial charge in [-0.05, 0) is 44.7 Å². The molecule has 120 valence electrons. The van der Waals surface area contributed by atoms with Crippen LogP contribution in [0.1, 0.15) is 46.5 Å². The minimum absolute atomic E-state index is 0.133. The van der Waals surface area contributed by atoms with Crippen LogP contribution in [0.25, 0.3) is 0 Å². The van der Waals surface area contributed by atoms with E-state index < -0.39 is 0 Å². The molecule has 2 rings (SSSR count). The molecule has 0 spiro atoms. The van der Waals surface area contributed by atoms with E-state index in [1.807, 2.05) is 4.90 Å². The molecule has 2 N–H and O–H groups in total. The minimum Gasteiger partial charge on any atom is -0.353 e. The SMILES string of the molecule is CC(=O)N1CCC(NC(=O)C(C)(C)C2CCCNC2)CC1. The van der Waals surface area contributed by atoms with Crippen molar-refractivity contribution in [1.29, 1.82) is 0 Å². The number of likely N-dealkylation sites (tertiary alicyclic amines) is 1. The molecule has 1 unspecified atom stereocenters. The Bertz CT molecular complexity index is 381. The van der Waals surface area contributed by atoms with Crippen molar-refractivity contribution in [1.82, 2.24) is 15.5 Å². The predicted octanol–water partition coefficient (Wildman–Crippen LogP) is 1.14. The average Bonchev–Trinajstić information content (AvgIpc) is 2.48. The molecule has 0 aliphatic carbocycles. The van der Waals surface area contributed by atoms with E-state index in [1.54, 1.807) is 6.92 Å². The molecule has 2 aliphatic rings. The van der Waals surface area contributed by atoms with Crippen LogP contribution in [0.5, 0.6) is 0 Å². The molecule has 5 nitrogen and oxygen atoms in total. The van der Waals surface area contributed by atoms with E-state index in [0.717, 1.165) is 51.9 Å². The summed E-state index contributed by atoms with van der Waals surface area (Å²) in [6.45, 7) is 9.24. The summed E-state index contributed by atoms with van der Waals surface area (Å²) in [6.07, 6.45) is 4.00. The van der Waals surface area contributed by atoms with Crippen molar-refractivity contribution < 1.29 is 9.59 Å². The molecule has 0 bridgehead atoms. The predicted molar refractivity (Wildman–Crippen MR) is 82.8 cm³/mol. The van der Waals surface area contributed by atoms with Gasteiger partial charge >= 0.3 is 0 Å². The van der Waals surface area contributed by atoms with Crippen molar-refractivity contribution in [3.63, 3.8) is 0 Å². The second-order valence-electron chi connectivity index (χ2n) is 7.02. The van der Waals surface area contributed by atoms with E-state index >= 15 is 0 Å². The third-order valence-corrected chi connectivity index (χ3v) is 5.18. The average molecular weight is 295 g/mol. The fraction of sp³-hybridized carbons (Fsp3) is 0.875. The van der Waals surface area contributed by atoms with Gasteiger partial charge in [-0.25, -0.2) is 0 Å². The van der Waals surface area contributed by atoms with Crippen molar-refractivity contribution in [3.8, 4) is 0 Å². The number of hydrogen-bond acceptors (Lipinski definition) is 3. The molecule has 0 aromatic carbocycles. The zero-order chi connectivity index (χ0) is 15.5. The highest BCUT2D eigenvalue weighted by Gasteiger charge is 2.38. The Hall–Kier alpha value is -1.10. The molecule has 0 aromatic rings. The smallest absolute Gasteiger partial charge is 0.226 e. The number of nitrogens with one attached hydrogen (secondary N) is 2. The maximum absolute atomic E-state index is 12.6. The molecule has 0 saturated carbocycles. The summed E-state index contributed by atoms with van der Waals surface area (Å²) < 4.78 is 0. The Morgan fingerprint density at radius 2 is 1.86 bits per heavy atom. The summed E-state index contributed by atoms with van der Waals surface area (Å²) >= 11 is 0. The minimum atomic E-state index is -0.328. The van der Waals surface area contributed by atoms with E-state index in [4.69, 9.17) is 0 Å². The molecule has 2 fully saturated rings. The van der Waals surface area contributed by atoms with Crippen LogP contribution in [-0.4, -0.2) is 48.9 Å². The monoisotopic (exact) mass is 295 g/mol. The number of carbonyl (C=O) groups excluding carboxylic acids is 2. The van der Waals surface area contributed by atoms with Crippen molar-refractivity contribution in [2.75, 3.05) is 26.2 Å². The lowest BCUT2D eigenvalue weighted by Gasteiger charge is -2.38. The van der Waals surface area contributed by atoms with E-state index in [9.17, 15) is 9.59 Å². The normalized spacial score (nSPS) is 24.7. The number of amides is 2. The maximum atomic E-state index is 12.6. The summed E-state index contributed by atoms with van der Waals surface area (Å²) in [4.78, 5) is 25.8. The molecule has 0 radical (unpaired) electrons. The number of nitrogens with zero attached hydrogens (tertiary/aromatic N) is 1. The van der Waals surface area contributed by atoms with Crippen LogP contribution in [0.15, 0.2) is 0 Å². The fourth-order valence-electron chi connectivity index (χ4n) is 3.36.